The van der Waals surface area contributed by atoms with Gasteiger partial charge in [-0.05, 0) is 25.7 Å². The maximum Gasteiger partial charge on any atom is 0.291 e. The molecule has 1 fully saturated rings. The van der Waals surface area contributed by atoms with Gasteiger partial charge in [0.15, 0.2) is 0 Å². The summed E-state index contributed by atoms with van der Waals surface area (Å²) in [6.45, 7) is 3.18. The fraction of sp³-hybridized carbons (Fsp3) is 0.615. The van der Waals surface area contributed by atoms with E-state index in [0.29, 0.717) is 19.0 Å². The number of hydrogen-bond donors (Lipinski definition) is 1. The van der Waals surface area contributed by atoms with Crippen LogP contribution in [-0.2, 0) is 11.3 Å². The lowest BCUT2D eigenvalue weighted by Crippen LogP contribution is -2.34. The summed E-state index contributed by atoms with van der Waals surface area (Å²) in [7, 11) is 1.71. The highest BCUT2D eigenvalue weighted by atomic mass is 35.5. The quantitative estimate of drug-likeness (QED) is 0.857. The number of amides is 1. The Labute approximate surface area is 122 Å². The molecule has 1 aromatic heterocycles. The molecule has 1 aliphatic rings. The van der Waals surface area contributed by atoms with Gasteiger partial charge in [0.25, 0.3) is 5.56 Å². The van der Waals surface area contributed by atoms with Crippen LogP contribution in [0.3, 0.4) is 0 Å². The van der Waals surface area contributed by atoms with Gasteiger partial charge in [-0.2, -0.15) is 5.10 Å². The Morgan fingerprint density at radius 1 is 1.60 bits per heavy atom. The Morgan fingerprint density at radius 2 is 2.30 bits per heavy atom. The van der Waals surface area contributed by atoms with E-state index in [-0.39, 0.29) is 28.7 Å². The van der Waals surface area contributed by atoms with E-state index in [0.717, 1.165) is 12.8 Å². The molecular weight excluding hydrogens is 280 g/mol. The van der Waals surface area contributed by atoms with Crippen LogP contribution in [0.2, 0.25) is 5.02 Å². The Kier molecular flexibility index (Phi) is 4.65. The van der Waals surface area contributed by atoms with Crippen molar-refractivity contribution in [3.8, 4) is 0 Å². The molecule has 0 spiro atoms. The van der Waals surface area contributed by atoms with Crippen molar-refractivity contribution >= 4 is 23.2 Å². The summed E-state index contributed by atoms with van der Waals surface area (Å²) in [5.74, 6) is 0.454. The lowest BCUT2D eigenvalue weighted by Gasteiger charge is -2.15. The first-order chi connectivity index (χ1) is 9.52. The van der Waals surface area contributed by atoms with Crippen LogP contribution in [0, 0.1) is 5.92 Å². The van der Waals surface area contributed by atoms with Crippen molar-refractivity contribution in [1.82, 2.24) is 14.7 Å². The molecule has 0 unspecified atom stereocenters. The number of carbonyl (C=O) groups is 1. The van der Waals surface area contributed by atoms with E-state index in [1.807, 2.05) is 6.92 Å². The minimum atomic E-state index is -0.267. The Balaban J connectivity index is 2.09. The minimum Gasteiger partial charge on any atom is -0.370 e. The molecule has 6 nitrogen and oxygen atoms in total. The second-order valence-corrected chi connectivity index (χ2v) is 5.47. The van der Waals surface area contributed by atoms with Crippen molar-refractivity contribution in [3.05, 3.63) is 21.6 Å². The zero-order valence-electron chi connectivity index (χ0n) is 11.7. The molecule has 0 radical (unpaired) electrons. The highest BCUT2D eigenvalue weighted by Crippen LogP contribution is 2.30. The van der Waals surface area contributed by atoms with Gasteiger partial charge in [-0.1, -0.05) is 11.6 Å². The van der Waals surface area contributed by atoms with E-state index in [4.69, 9.17) is 11.6 Å². The Bertz CT molecular complexity index is 554. The van der Waals surface area contributed by atoms with Gasteiger partial charge < -0.3 is 10.2 Å². The van der Waals surface area contributed by atoms with Crippen molar-refractivity contribution in [1.29, 1.82) is 0 Å². The van der Waals surface area contributed by atoms with E-state index in [1.165, 1.54) is 10.9 Å². The zero-order valence-corrected chi connectivity index (χ0v) is 12.5. The van der Waals surface area contributed by atoms with Crippen molar-refractivity contribution in [2.45, 2.75) is 26.3 Å². The third-order valence-electron chi connectivity index (χ3n) is 3.44. The summed E-state index contributed by atoms with van der Waals surface area (Å²) in [5, 5.41) is 7.11. The van der Waals surface area contributed by atoms with Gasteiger partial charge in [0.2, 0.25) is 5.91 Å². The minimum absolute atomic E-state index is 0.0484. The van der Waals surface area contributed by atoms with Gasteiger partial charge in [-0.3, -0.25) is 9.59 Å². The first-order valence-corrected chi connectivity index (χ1v) is 7.14. The molecule has 1 amide bonds. The summed E-state index contributed by atoms with van der Waals surface area (Å²) in [6, 6.07) is 0. The molecule has 0 atom stereocenters. The maximum absolute atomic E-state index is 12.2. The fourth-order valence-electron chi connectivity index (χ4n) is 1.78. The van der Waals surface area contributed by atoms with E-state index in [1.54, 1.807) is 11.9 Å². The van der Waals surface area contributed by atoms with Gasteiger partial charge in [-0.25, -0.2) is 4.68 Å². The van der Waals surface area contributed by atoms with Crippen LogP contribution in [0.15, 0.2) is 11.0 Å². The van der Waals surface area contributed by atoms with Gasteiger partial charge in [-0.15, -0.1) is 0 Å². The van der Waals surface area contributed by atoms with Crippen LogP contribution >= 0.6 is 11.6 Å². The molecule has 20 heavy (non-hydrogen) atoms. The second kappa shape index (κ2) is 6.26. The van der Waals surface area contributed by atoms with Gasteiger partial charge in [0.1, 0.15) is 5.69 Å². The molecule has 1 heterocycles. The number of rotatable bonds is 6. The molecule has 0 saturated heterocycles. The number of halogens is 1. The number of anilines is 1. The molecule has 1 saturated carbocycles. The Hall–Kier alpha value is -1.56. The molecular formula is C13H19ClN4O2. The molecule has 110 valence electrons. The molecule has 0 bridgehead atoms. The van der Waals surface area contributed by atoms with E-state index >= 15 is 0 Å². The zero-order chi connectivity index (χ0) is 14.7. The largest absolute Gasteiger partial charge is 0.370 e. The Morgan fingerprint density at radius 3 is 2.90 bits per heavy atom. The molecule has 7 heteroatoms. The van der Waals surface area contributed by atoms with Crippen LogP contribution in [-0.4, -0.2) is 40.7 Å². The first kappa shape index (κ1) is 14.8. The van der Waals surface area contributed by atoms with E-state index < -0.39 is 0 Å². The standard InChI is InChI=1S/C13H19ClN4O2/c1-3-17(2)11(19)7-15-12-10(14)6-16-18(13(12)20)8-9-4-5-9/h6,9,15H,3-5,7-8H2,1-2H3. The molecule has 0 aromatic carbocycles. The predicted octanol–water partition coefficient (Wildman–Crippen LogP) is 1.20. The lowest BCUT2D eigenvalue weighted by atomic mass is 10.4. The van der Waals surface area contributed by atoms with E-state index in [2.05, 4.69) is 10.4 Å². The average Bonchev–Trinajstić information content (AvgIpc) is 3.24. The van der Waals surface area contributed by atoms with Crippen LogP contribution in [0.25, 0.3) is 0 Å². The molecule has 0 aliphatic heterocycles. The molecule has 1 N–H and O–H groups in total. The van der Waals surface area contributed by atoms with Crippen molar-refractivity contribution in [2.24, 2.45) is 5.92 Å². The fourth-order valence-corrected chi connectivity index (χ4v) is 1.97. The highest BCUT2D eigenvalue weighted by Gasteiger charge is 2.23. The SMILES string of the molecule is CCN(C)C(=O)CNc1c(Cl)cnn(CC2CC2)c1=O. The normalized spacial score (nSPS) is 14.2. The molecule has 2 rings (SSSR count). The van der Waals surface area contributed by atoms with Crippen molar-refractivity contribution in [2.75, 3.05) is 25.5 Å². The maximum atomic E-state index is 12.2. The first-order valence-electron chi connectivity index (χ1n) is 6.76. The third kappa shape index (κ3) is 3.50. The number of nitrogens with zero attached hydrogens (tertiary/aromatic N) is 3. The summed E-state index contributed by atoms with van der Waals surface area (Å²) in [5.41, 5.74) is -0.0171. The van der Waals surface area contributed by atoms with Gasteiger partial charge in [0.05, 0.1) is 17.8 Å². The molecule has 1 aromatic rings. The van der Waals surface area contributed by atoms with E-state index in [9.17, 15) is 9.59 Å². The van der Waals surface area contributed by atoms with Crippen LogP contribution in [0.5, 0.6) is 0 Å². The summed E-state index contributed by atoms with van der Waals surface area (Å²) in [4.78, 5) is 25.5. The topological polar surface area (TPSA) is 67.2 Å². The van der Waals surface area contributed by atoms with Gasteiger partial charge >= 0.3 is 0 Å². The number of nitrogens with one attached hydrogen (secondary N) is 1. The second-order valence-electron chi connectivity index (χ2n) is 5.06. The number of aromatic nitrogens is 2. The van der Waals surface area contributed by atoms with Gasteiger partial charge in [0, 0.05) is 20.1 Å². The highest BCUT2D eigenvalue weighted by molar-refractivity contribution is 6.33. The average molecular weight is 299 g/mol. The number of hydrogen-bond acceptors (Lipinski definition) is 4. The third-order valence-corrected chi connectivity index (χ3v) is 3.73. The summed E-state index contributed by atoms with van der Waals surface area (Å²) < 4.78 is 1.42. The summed E-state index contributed by atoms with van der Waals surface area (Å²) in [6.07, 6.45) is 3.72. The monoisotopic (exact) mass is 298 g/mol. The van der Waals surface area contributed by atoms with Crippen LogP contribution in [0.4, 0.5) is 5.69 Å². The number of carbonyl (C=O) groups excluding carboxylic acids is 1. The van der Waals surface area contributed by atoms with Crippen molar-refractivity contribution < 1.29 is 4.79 Å². The smallest absolute Gasteiger partial charge is 0.291 e. The van der Waals surface area contributed by atoms with Crippen molar-refractivity contribution in [3.63, 3.8) is 0 Å². The number of likely N-dealkylation sites (N-methyl/N-ethyl adjacent to an activating group) is 1. The van der Waals surface area contributed by atoms with Crippen LogP contribution < -0.4 is 10.9 Å². The predicted molar refractivity (Wildman–Crippen MR) is 78.0 cm³/mol. The molecule has 1 aliphatic carbocycles. The lowest BCUT2D eigenvalue weighted by molar-refractivity contribution is -0.127. The summed E-state index contributed by atoms with van der Waals surface area (Å²) >= 11 is 5.99. The van der Waals surface area contributed by atoms with Crippen LogP contribution in [0.1, 0.15) is 19.8 Å².